The molecule has 2 heteroatoms. The largest absolute Gasteiger partial charge is 0.507 e. The fourth-order valence-electron chi connectivity index (χ4n) is 4.77. The molecule has 0 aliphatic rings. The molecule has 0 unspecified atom stereocenters. The number of phenolic OH excluding ortho intramolecular Hbond substituents is 2. The summed E-state index contributed by atoms with van der Waals surface area (Å²) in [6.45, 7) is 6.16. The van der Waals surface area contributed by atoms with Crippen LogP contribution in [0, 0.1) is 13.8 Å². The van der Waals surface area contributed by atoms with E-state index in [0.717, 1.165) is 35.1 Å². The van der Waals surface area contributed by atoms with E-state index >= 15 is 0 Å². The number of phenols is 2. The standard InChI is InChI=1S/C30H46O2/c1-4-5-6-7-8-9-10-11-12-13-14-15-16-21-26(27-22-17-19-24(2)29(27)31)28-23-18-20-25(3)30(28)32/h17-20,22-23,26,31-32H,4-16,21H2,1-3H3. The minimum Gasteiger partial charge on any atom is -0.507 e. The Kier molecular flexibility index (Phi) is 12.3. The van der Waals surface area contributed by atoms with Gasteiger partial charge in [0.25, 0.3) is 0 Å². The highest BCUT2D eigenvalue weighted by atomic mass is 16.3. The topological polar surface area (TPSA) is 40.5 Å². The van der Waals surface area contributed by atoms with Gasteiger partial charge in [0.2, 0.25) is 0 Å². The van der Waals surface area contributed by atoms with Crippen molar-refractivity contribution in [3.05, 3.63) is 58.7 Å². The van der Waals surface area contributed by atoms with Gasteiger partial charge in [-0.2, -0.15) is 0 Å². The van der Waals surface area contributed by atoms with Gasteiger partial charge >= 0.3 is 0 Å². The first kappa shape index (κ1) is 26.3. The average Bonchev–Trinajstić information content (AvgIpc) is 2.79. The molecule has 0 spiro atoms. The molecule has 0 saturated heterocycles. The van der Waals surface area contributed by atoms with E-state index in [1.807, 2.05) is 50.2 Å². The Morgan fingerprint density at radius 3 is 1.34 bits per heavy atom. The van der Waals surface area contributed by atoms with Crippen LogP contribution in [0.2, 0.25) is 0 Å². The summed E-state index contributed by atoms with van der Waals surface area (Å²) in [6, 6.07) is 11.9. The van der Waals surface area contributed by atoms with Crippen molar-refractivity contribution in [3.63, 3.8) is 0 Å². The lowest BCUT2D eigenvalue weighted by atomic mass is 9.84. The first-order valence-corrected chi connectivity index (χ1v) is 13.1. The van der Waals surface area contributed by atoms with Crippen LogP contribution in [-0.4, -0.2) is 10.2 Å². The molecule has 2 rings (SSSR count). The summed E-state index contributed by atoms with van der Waals surface area (Å²) < 4.78 is 0. The third kappa shape index (κ3) is 8.52. The van der Waals surface area contributed by atoms with Gasteiger partial charge in [0, 0.05) is 17.0 Å². The van der Waals surface area contributed by atoms with Gasteiger partial charge < -0.3 is 10.2 Å². The van der Waals surface area contributed by atoms with Gasteiger partial charge in [-0.15, -0.1) is 0 Å². The number of rotatable bonds is 16. The lowest BCUT2D eigenvalue weighted by molar-refractivity contribution is 0.443. The van der Waals surface area contributed by atoms with E-state index in [0.29, 0.717) is 11.5 Å². The van der Waals surface area contributed by atoms with Gasteiger partial charge in [-0.3, -0.25) is 0 Å². The molecule has 0 aromatic heterocycles. The van der Waals surface area contributed by atoms with Gasteiger partial charge in [0.15, 0.2) is 0 Å². The Balaban J connectivity index is 1.77. The van der Waals surface area contributed by atoms with Crippen LogP contribution in [0.15, 0.2) is 36.4 Å². The lowest BCUT2D eigenvalue weighted by Gasteiger charge is -2.22. The second-order valence-electron chi connectivity index (χ2n) is 9.61. The Hall–Kier alpha value is -1.96. The molecule has 0 atom stereocenters. The second-order valence-corrected chi connectivity index (χ2v) is 9.61. The van der Waals surface area contributed by atoms with E-state index in [1.54, 1.807) is 0 Å². The van der Waals surface area contributed by atoms with Crippen LogP contribution in [0.25, 0.3) is 0 Å². The normalized spacial score (nSPS) is 11.4. The highest BCUT2D eigenvalue weighted by Crippen LogP contribution is 2.41. The molecule has 178 valence electrons. The van der Waals surface area contributed by atoms with Gasteiger partial charge in [-0.25, -0.2) is 0 Å². The number of para-hydroxylation sites is 2. The number of aromatic hydroxyl groups is 2. The summed E-state index contributed by atoms with van der Waals surface area (Å²) >= 11 is 0. The van der Waals surface area contributed by atoms with Crippen molar-refractivity contribution in [2.75, 3.05) is 0 Å². The fraction of sp³-hybridized carbons (Fsp3) is 0.600. The smallest absolute Gasteiger partial charge is 0.122 e. The summed E-state index contributed by atoms with van der Waals surface area (Å²) in [4.78, 5) is 0. The highest BCUT2D eigenvalue weighted by Gasteiger charge is 2.21. The molecule has 32 heavy (non-hydrogen) atoms. The molecule has 0 heterocycles. The monoisotopic (exact) mass is 438 g/mol. The van der Waals surface area contributed by atoms with Crippen LogP contribution in [0.1, 0.15) is 125 Å². The molecular weight excluding hydrogens is 392 g/mol. The molecule has 0 radical (unpaired) electrons. The average molecular weight is 439 g/mol. The molecule has 0 aliphatic heterocycles. The Morgan fingerprint density at radius 2 is 0.938 bits per heavy atom. The van der Waals surface area contributed by atoms with Gasteiger partial charge in [0.1, 0.15) is 11.5 Å². The van der Waals surface area contributed by atoms with Crippen molar-refractivity contribution >= 4 is 0 Å². The van der Waals surface area contributed by atoms with Crippen LogP contribution in [-0.2, 0) is 0 Å². The Morgan fingerprint density at radius 1 is 0.562 bits per heavy atom. The fourth-order valence-corrected chi connectivity index (χ4v) is 4.77. The summed E-state index contributed by atoms with van der Waals surface area (Å²) in [5, 5.41) is 21.4. The van der Waals surface area contributed by atoms with Crippen molar-refractivity contribution in [1.29, 1.82) is 0 Å². The predicted octanol–water partition coefficient (Wildman–Crippen LogP) is 9.33. The van der Waals surface area contributed by atoms with Crippen molar-refractivity contribution < 1.29 is 10.2 Å². The van der Waals surface area contributed by atoms with Gasteiger partial charge in [0.05, 0.1) is 0 Å². The highest BCUT2D eigenvalue weighted by molar-refractivity contribution is 5.50. The first-order chi connectivity index (χ1) is 15.6. The quantitative estimate of drug-likeness (QED) is 0.256. The van der Waals surface area contributed by atoms with Crippen molar-refractivity contribution in [2.45, 2.75) is 117 Å². The number of unbranched alkanes of at least 4 members (excludes halogenated alkanes) is 12. The number of aryl methyl sites for hydroxylation is 2. The van der Waals surface area contributed by atoms with Crippen molar-refractivity contribution in [3.8, 4) is 11.5 Å². The SMILES string of the molecule is CCCCCCCCCCCCCCCC(c1cccc(C)c1O)c1cccc(C)c1O. The first-order valence-electron chi connectivity index (χ1n) is 13.1. The zero-order valence-electron chi connectivity index (χ0n) is 20.8. The predicted molar refractivity (Wildman–Crippen MR) is 138 cm³/mol. The molecule has 2 aromatic rings. The van der Waals surface area contributed by atoms with Crippen molar-refractivity contribution in [2.24, 2.45) is 0 Å². The summed E-state index contributed by atoms with van der Waals surface area (Å²) in [6.07, 6.45) is 18.4. The van der Waals surface area contributed by atoms with Crippen LogP contribution in [0.3, 0.4) is 0 Å². The van der Waals surface area contributed by atoms with Crippen molar-refractivity contribution in [1.82, 2.24) is 0 Å². The minimum absolute atomic E-state index is 0.0301. The molecule has 2 N–H and O–H groups in total. The molecule has 0 bridgehead atoms. The molecule has 0 saturated carbocycles. The van der Waals surface area contributed by atoms with E-state index in [1.165, 1.54) is 77.0 Å². The lowest BCUT2D eigenvalue weighted by Crippen LogP contribution is -2.04. The maximum atomic E-state index is 10.7. The van der Waals surface area contributed by atoms with E-state index in [4.69, 9.17) is 0 Å². The maximum absolute atomic E-state index is 10.7. The maximum Gasteiger partial charge on any atom is 0.122 e. The summed E-state index contributed by atoms with van der Waals surface area (Å²) in [5.74, 6) is 0.767. The van der Waals surface area contributed by atoms with Gasteiger partial charge in [-0.05, 0) is 31.4 Å². The second kappa shape index (κ2) is 15.0. The number of hydrogen-bond acceptors (Lipinski definition) is 2. The number of benzene rings is 2. The van der Waals surface area contributed by atoms with E-state index < -0.39 is 0 Å². The molecule has 2 aromatic carbocycles. The molecule has 0 amide bonds. The van der Waals surface area contributed by atoms with Crippen LogP contribution >= 0.6 is 0 Å². The Bertz CT molecular complexity index is 729. The van der Waals surface area contributed by atoms with Crippen LogP contribution < -0.4 is 0 Å². The molecule has 0 fully saturated rings. The molecule has 2 nitrogen and oxygen atoms in total. The van der Waals surface area contributed by atoms with E-state index in [2.05, 4.69) is 6.92 Å². The summed E-state index contributed by atoms with van der Waals surface area (Å²) in [7, 11) is 0. The zero-order chi connectivity index (χ0) is 23.2. The molecule has 0 aliphatic carbocycles. The van der Waals surface area contributed by atoms with Crippen LogP contribution in [0.5, 0.6) is 11.5 Å². The third-order valence-electron chi connectivity index (χ3n) is 6.89. The minimum atomic E-state index is 0.0301. The van der Waals surface area contributed by atoms with Gasteiger partial charge in [-0.1, -0.05) is 127 Å². The van der Waals surface area contributed by atoms with Crippen LogP contribution in [0.4, 0.5) is 0 Å². The third-order valence-corrected chi connectivity index (χ3v) is 6.89. The summed E-state index contributed by atoms with van der Waals surface area (Å²) in [5.41, 5.74) is 3.66. The molecular formula is C30H46O2. The zero-order valence-corrected chi connectivity index (χ0v) is 20.8. The van der Waals surface area contributed by atoms with E-state index in [-0.39, 0.29) is 5.92 Å². The number of hydrogen-bond donors (Lipinski definition) is 2. The Labute approximate surface area is 197 Å². The van der Waals surface area contributed by atoms with E-state index in [9.17, 15) is 10.2 Å².